The van der Waals surface area contributed by atoms with Gasteiger partial charge in [-0.25, -0.2) is 0 Å². The average molecular weight is 284 g/mol. The molecule has 118 valence electrons. The van der Waals surface area contributed by atoms with Gasteiger partial charge in [0.15, 0.2) is 0 Å². The Morgan fingerprint density at radius 3 is 2.55 bits per heavy atom. The standard InChI is InChI=1S/C16H32N2O2/c1-7-20-14(19)16(6,17-13(2)3)10-12-18-11-8-9-15(18,4)5/h13,17H,7-12H2,1-6H3. The first-order valence-corrected chi connectivity index (χ1v) is 7.91. The molecule has 1 atom stereocenters. The van der Waals surface area contributed by atoms with Crippen LogP contribution in [-0.4, -0.2) is 47.7 Å². The summed E-state index contributed by atoms with van der Waals surface area (Å²) in [7, 11) is 0. The Bertz CT molecular complexity index is 328. The highest BCUT2D eigenvalue weighted by Crippen LogP contribution is 2.29. The number of likely N-dealkylation sites (tertiary alicyclic amines) is 1. The molecular weight excluding hydrogens is 252 g/mol. The molecular formula is C16H32N2O2. The molecule has 0 aromatic rings. The molecule has 1 rings (SSSR count). The molecule has 0 amide bonds. The molecule has 0 aromatic heterocycles. The number of nitrogens with one attached hydrogen (secondary N) is 1. The second-order valence-electron chi connectivity index (χ2n) is 7.00. The molecule has 4 heteroatoms. The summed E-state index contributed by atoms with van der Waals surface area (Å²) in [6.45, 7) is 15.0. The monoisotopic (exact) mass is 284 g/mol. The number of carbonyl (C=O) groups is 1. The minimum Gasteiger partial charge on any atom is -0.465 e. The fourth-order valence-corrected chi connectivity index (χ4v) is 3.10. The molecule has 1 saturated heterocycles. The second-order valence-corrected chi connectivity index (χ2v) is 7.00. The van der Waals surface area contributed by atoms with Crippen molar-refractivity contribution in [2.45, 2.75) is 77.9 Å². The number of carbonyl (C=O) groups excluding carboxylic acids is 1. The van der Waals surface area contributed by atoms with Gasteiger partial charge >= 0.3 is 5.97 Å². The fraction of sp³-hybridized carbons (Fsp3) is 0.938. The minimum absolute atomic E-state index is 0.134. The molecule has 1 fully saturated rings. The van der Waals surface area contributed by atoms with Crippen LogP contribution in [0.2, 0.25) is 0 Å². The molecule has 1 N–H and O–H groups in total. The summed E-state index contributed by atoms with van der Waals surface area (Å²) in [5, 5.41) is 3.39. The summed E-state index contributed by atoms with van der Waals surface area (Å²) in [5.41, 5.74) is -0.337. The van der Waals surface area contributed by atoms with E-state index in [1.807, 2.05) is 13.8 Å². The van der Waals surface area contributed by atoms with E-state index in [2.05, 4.69) is 37.9 Å². The third-order valence-corrected chi connectivity index (χ3v) is 4.29. The van der Waals surface area contributed by atoms with Crippen LogP contribution >= 0.6 is 0 Å². The Labute approximate surface area is 124 Å². The third-order valence-electron chi connectivity index (χ3n) is 4.29. The van der Waals surface area contributed by atoms with E-state index in [1.54, 1.807) is 0 Å². The van der Waals surface area contributed by atoms with E-state index in [4.69, 9.17) is 4.74 Å². The van der Waals surface area contributed by atoms with Crippen LogP contribution in [0.1, 0.15) is 60.8 Å². The molecule has 0 spiro atoms. The first-order valence-electron chi connectivity index (χ1n) is 7.91. The van der Waals surface area contributed by atoms with Crippen molar-refractivity contribution >= 4 is 5.97 Å². The number of ether oxygens (including phenoxy) is 1. The first kappa shape index (κ1) is 17.4. The quantitative estimate of drug-likeness (QED) is 0.730. The second kappa shape index (κ2) is 6.90. The van der Waals surface area contributed by atoms with Gasteiger partial charge in [0.25, 0.3) is 0 Å². The van der Waals surface area contributed by atoms with Crippen LogP contribution in [-0.2, 0) is 9.53 Å². The van der Waals surface area contributed by atoms with Crippen LogP contribution in [0.3, 0.4) is 0 Å². The Kier molecular flexibility index (Phi) is 6.02. The van der Waals surface area contributed by atoms with Crippen LogP contribution in [0.25, 0.3) is 0 Å². The van der Waals surface area contributed by atoms with Crippen molar-refractivity contribution in [1.29, 1.82) is 0 Å². The van der Waals surface area contributed by atoms with Crippen molar-refractivity contribution in [2.24, 2.45) is 0 Å². The minimum atomic E-state index is -0.594. The maximum absolute atomic E-state index is 12.3. The largest absolute Gasteiger partial charge is 0.465 e. The molecule has 0 saturated carbocycles. The summed E-state index contributed by atoms with van der Waals surface area (Å²) in [4.78, 5) is 14.8. The van der Waals surface area contributed by atoms with Crippen LogP contribution < -0.4 is 5.32 Å². The predicted molar refractivity (Wildman–Crippen MR) is 82.8 cm³/mol. The first-order chi connectivity index (χ1) is 9.21. The van der Waals surface area contributed by atoms with Crippen molar-refractivity contribution in [3.05, 3.63) is 0 Å². The van der Waals surface area contributed by atoms with E-state index in [1.165, 1.54) is 12.8 Å². The van der Waals surface area contributed by atoms with Gasteiger partial charge in [0.1, 0.15) is 5.54 Å². The SMILES string of the molecule is CCOC(=O)C(C)(CCN1CCCC1(C)C)NC(C)C. The summed E-state index contributed by atoms with van der Waals surface area (Å²) in [5.74, 6) is -0.134. The van der Waals surface area contributed by atoms with Gasteiger partial charge in [-0.05, 0) is 67.3 Å². The zero-order valence-corrected chi connectivity index (χ0v) is 14.1. The lowest BCUT2D eigenvalue weighted by molar-refractivity contribution is -0.151. The van der Waals surface area contributed by atoms with Gasteiger partial charge in [0, 0.05) is 18.1 Å². The van der Waals surface area contributed by atoms with E-state index in [9.17, 15) is 4.79 Å². The van der Waals surface area contributed by atoms with Crippen molar-refractivity contribution in [3.63, 3.8) is 0 Å². The number of nitrogens with zero attached hydrogens (tertiary/aromatic N) is 1. The molecule has 0 aliphatic carbocycles. The van der Waals surface area contributed by atoms with Gasteiger partial charge in [-0.1, -0.05) is 0 Å². The van der Waals surface area contributed by atoms with Gasteiger partial charge in [0.2, 0.25) is 0 Å². The summed E-state index contributed by atoms with van der Waals surface area (Å²) >= 11 is 0. The van der Waals surface area contributed by atoms with Crippen molar-refractivity contribution < 1.29 is 9.53 Å². The van der Waals surface area contributed by atoms with Gasteiger partial charge in [-0.3, -0.25) is 15.0 Å². The molecule has 20 heavy (non-hydrogen) atoms. The van der Waals surface area contributed by atoms with Gasteiger partial charge in [-0.2, -0.15) is 0 Å². The lowest BCUT2D eigenvalue weighted by atomic mass is 9.95. The maximum atomic E-state index is 12.3. The van der Waals surface area contributed by atoms with Gasteiger partial charge in [-0.15, -0.1) is 0 Å². The van der Waals surface area contributed by atoms with Crippen LogP contribution in [0.15, 0.2) is 0 Å². The number of hydrogen-bond donors (Lipinski definition) is 1. The number of rotatable bonds is 7. The molecule has 1 heterocycles. The van der Waals surface area contributed by atoms with Crippen LogP contribution in [0.4, 0.5) is 0 Å². The van der Waals surface area contributed by atoms with E-state index < -0.39 is 5.54 Å². The van der Waals surface area contributed by atoms with Crippen molar-refractivity contribution in [2.75, 3.05) is 19.7 Å². The Hall–Kier alpha value is -0.610. The molecule has 1 aliphatic rings. The Morgan fingerprint density at radius 2 is 2.10 bits per heavy atom. The molecule has 0 bridgehead atoms. The highest BCUT2D eigenvalue weighted by Gasteiger charge is 2.38. The fourth-order valence-electron chi connectivity index (χ4n) is 3.10. The molecule has 0 radical (unpaired) electrons. The predicted octanol–water partition coefficient (Wildman–Crippen LogP) is 2.57. The van der Waals surface area contributed by atoms with E-state index >= 15 is 0 Å². The van der Waals surface area contributed by atoms with Crippen LogP contribution in [0, 0.1) is 0 Å². The lowest BCUT2D eigenvalue weighted by Crippen LogP contribution is -2.55. The van der Waals surface area contributed by atoms with Crippen molar-refractivity contribution in [1.82, 2.24) is 10.2 Å². The zero-order chi connectivity index (χ0) is 15.4. The highest BCUT2D eigenvalue weighted by molar-refractivity contribution is 5.80. The molecule has 0 aromatic carbocycles. The Balaban J connectivity index is 2.67. The zero-order valence-electron chi connectivity index (χ0n) is 14.1. The van der Waals surface area contributed by atoms with E-state index in [-0.39, 0.29) is 17.6 Å². The summed E-state index contributed by atoms with van der Waals surface area (Å²) in [6.07, 6.45) is 3.27. The Morgan fingerprint density at radius 1 is 1.45 bits per heavy atom. The van der Waals surface area contributed by atoms with E-state index in [0.717, 1.165) is 19.5 Å². The summed E-state index contributed by atoms with van der Waals surface area (Å²) < 4.78 is 5.26. The van der Waals surface area contributed by atoms with E-state index in [0.29, 0.717) is 6.61 Å². The molecule has 1 aliphatic heterocycles. The number of esters is 1. The molecule has 4 nitrogen and oxygen atoms in total. The van der Waals surface area contributed by atoms with Crippen molar-refractivity contribution in [3.8, 4) is 0 Å². The smallest absolute Gasteiger partial charge is 0.326 e. The van der Waals surface area contributed by atoms with Gasteiger partial charge < -0.3 is 4.74 Å². The van der Waals surface area contributed by atoms with Gasteiger partial charge in [0.05, 0.1) is 6.61 Å². The summed E-state index contributed by atoms with van der Waals surface area (Å²) in [6, 6.07) is 0.260. The highest BCUT2D eigenvalue weighted by atomic mass is 16.5. The van der Waals surface area contributed by atoms with Crippen LogP contribution in [0.5, 0.6) is 0 Å². The third kappa shape index (κ3) is 4.45. The molecule has 1 unspecified atom stereocenters. The lowest BCUT2D eigenvalue weighted by Gasteiger charge is -2.36. The normalized spacial score (nSPS) is 21.9. The number of hydrogen-bond acceptors (Lipinski definition) is 4. The maximum Gasteiger partial charge on any atom is 0.326 e. The topological polar surface area (TPSA) is 41.6 Å². The average Bonchev–Trinajstić information content (AvgIpc) is 2.65.